The van der Waals surface area contributed by atoms with Gasteiger partial charge in [-0.3, -0.25) is 11.3 Å². The lowest BCUT2D eigenvalue weighted by atomic mass is 10.3. The molecule has 9 heavy (non-hydrogen) atoms. The lowest BCUT2D eigenvalue weighted by molar-refractivity contribution is 0.437. The first-order chi connectivity index (χ1) is 4.34. The first-order valence-corrected chi connectivity index (χ1v) is 2.84. The fraction of sp³-hybridized carbons (Fsp3) is 0.333. The summed E-state index contributed by atoms with van der Waals surface area (Å²) in [5, 5.41) is 0. The summed E-state index contributed by atoms with van der Waals surface area (Å²) in [7, 11) is 0. The lowest BCUT2D eigenvalue weighted by Crippen LogP contribution is -2.25. The normalized spacial score (nSPS) is 13.6. The molecule has 1 aromatic rings. The molecule has 3 nitrogen and oxygen atoms in total. The second-order valence-corrected chi connectivity index (χ2v) is 1.90. The number of rotatable bonds is 2. The predicted molar refractivity (Wildman–Crippen MR) is 34.4 cm³/mol. The maximum atomic E-state index is 5.15. The molecule has 1 heterocycles. The van der Waals surface area contributed by atoms with Crippen molar-refractivity contribution in [3.05, 3.63) is 24.2 Å². The highest BCUT2D eigenvalue weighted by Crippen LogP contribution is 2.09. The van der Waals surface area contributed by atoms with E-state index in [1.165, 1.54) is 0 Å². The molecular formula is C6H10N2O. The van der Waals surface area contributed by atoms with Crippen LogP contribution in [0.5, 0.6) is 0 Å². The van der Waals surface area contributed by atoms with Crippen LogP contribution < -0.4 is 11.3 Å². The summed E-state index contributed by atoms with van der Waals surface area (Å²) in [6.07, 6.45) is 1.63. The maximum Gasteiger partial charge on any atom is 0.121 e. The highest BCUT2D eigenvalue weighted by molar-refractivity contribution is 5.02. The summed E-state index contributed by atoms with van der Waals surface area (Å²) in [5.41, 5.74) is 2.57. The zero-order valence-corrected chi connectivity index (χ0v) is 5.29. The molecular weight excluding hydrogens is 116 g/mol. The predicted octanol–water partition coefficient (Wildman–Crippen LogP) is 0.804. The molecule has 1 atom stereocenters. The second kappa shape index (κ2) is 2.66. The summed E-state index contributed by atoms with van der Waals surface area (Å²) in [4.78, 5) is 0. The van der Waals surface area contributed by atoms with Crippen molar-refractivity contribution in [2.45, 2.75) is 13.0 Å². The quantitative estimate of drug-likeness (QED) is 0.455. The van der Waals surface area contributed by atoms with Gasteiger partial charge in [0.25, 0.3) is 0 Å². The van der Waals surface area contributed by atoms with Crippen molar-refractivity contribution in [2.24, 2.45) is 5.84 Å². The summed E-state index contributed by atoms with van der Waals surface area (Å²) < 4.78 is 5.04. The molecule has 0 aromatic carbocycles. The molecule has 0 spiro atoms. The van der Waals surface area contributed by atoms with Crippen molar-refractivity contribution < 1.29 is 4.42 Å². The van der Waals surface area contributed by atoms with Crippen LogP contribution in [0, 0.1) is 0 Å². The Labute approximate surface area is 53.8 Å². The van der Waals surface area contributed by atoms with E-state index in [9.17, 15) is 0 Å². The van der Waals surface area contributed by atoms with Crippen molar-refractivity contribution >= 4 is 0 Å². The third-order valence-electron chi connectivity index (χ3n) is 1.22. The molecule has 1 aromatic heterocycles. The largest absolute Gasteiger partial charge is 0.468 e. The molecule has 0 amide bonds. The van der Waals surface area contributed by atoms with E-state index in [0.717, 1.165) is 5.76 Å². The molecule has 0 aliphatic rings. The molecule has 0 radical (unpaired) electrons. The van der Waals surface area contributed by atoms with Crippen LogP contribution in [0.15, 0.2) is 22.8 Å². The molecule has 0 saturated carbocycles. The minimum atomic E-state index is 0.0972. The Morgan fingerprint density at radius 2 is 2.56 bits per heavy atom. The third-order valence-corrected chi connectivity index (χ3v) is 1.22. The van der Waals surface area contributed by atoms with Crippen molar-refractivity contribution in [3.8, 4) is 0 Å². The summed E-state index contributed by atoms with van der Waals surface area (Å²) in [6.45, 7) is 1.93. The lowest BCUT2D eigenvalue weighted by Gasteiger charge is -2.03. The molecule has 0 saturated heterocycles. The fourth-order valence-electron chi connectivity index (χ4n) is 0.620. The Bertz CT molecular complexity index is 160. The minimum Gasteiger partial charge on any atom is -0.468 e. The van der Waals surface area contributed by atoms with Gasteiger partial charge in [0.15, 0.2) is 0 Å². The van der Waals surface area contributed by atoms with Crippen LogP contribution in [0.2, 0.25) is 0 Å². The number of hydrazine groups is 1. The molecule has 0 fully saturated rings. The van der Waals surface area contributed by atoms with E-state index in [4.69, 9.17) is 10.3 Å². The number of furan rings is 1. The molecule has 3 heteroatoms. The van der Waals surface area contributed by atoms with Crippen molar-refractivity contribution in [1.82, 2.24) is 5.43 Å². The van der Waals surface area contributed by atoms with Gasteiger partial charge in [-0.15, -0.1) is 0 Å². The van der Waals surface area contributed by atoms with Gasteiger partial charge in [-0.05, 0) is 19.1 Å². The van der Waals surface area contributed by atoms with Crippen molar-refractivity contribution in [3.63, 3.8) is 0 Å². The van der Waals surface area contributed by atoms with Gasteiger partial charge < -0.3 is 4.42 Å². The average molecular weight is 126 g/mol. The highest BCUT2D eigenvalue weighted by Gasteiger charge is 2.02. The Kier molecular flexibility index (Phi) is 1.87. The SMILES string of the molecule is C[C@@H](NN)c1ccco1. The molecule has 0 unspecified atom stereocenters. The van der Waals surface area contributed by atoms with Gasteiger partial charge in [0, 0.05) is 0 Å². The topological polar surface area (TPSA) is 51.2 Å². The molecule has 0 aliphatic heterocycles. The fourth-order valence-corrected chi connectivity index (χ4v) is 0.620. The average Bonchev–Trinajstić information content (AvgIpc) is 2.37. The third kappa shape index (κ3) is 1.31. The first kappa shape index (κ1) is 6.32. The molecule has 50 valence electrons. The smallest absolute Gasteiger partial charge is 0.121 e. The molecule has 0 bridgehead atoms. The number of nitrogens with one attached hydrogen (secondary N) is 1. The van der Waals surface area contributed by atoms with E-state index >= 15 is 0 Å². The van der Waals surface area contributed by atoms with E-state index in [-0.39, 0.29) is 6.04 Å². The Balaban J connectivity index is 2.65. The van der Waals surface area contributed by atoms with Crippen LogP contribution in [0.25, 0.3) is 0 Å². The first-order valence-electron chi connectivity index (χ1n) is 2.84. The van der Waals surface area contributed by atoms with E-state index in [2.05, 4.69) is 5.43 Å². The van der Waals surface area contributed by atoms with E-state index < -0.39 is 0 Å². The zero-order valence-electron chi connectivity index (χ0n) is 5.29. The summed E-state index contributed by atoms with van der Waals surface area (Å²) in [5.74, 6) is 6.01. The molecule has 1 rings (SSSR count). The van der Waals surface area contributed by atoms with Crippen LogP contribution >= 0.6 is 0 Å². The van der Waals surface area contributed by atoms with Gasteiger partial charge in [-0.2, -0.15) is 0 Å². The van der Waals surface area contributed by atoms with E-state index in [0.29, 0.717) is 0 Å². The summed E-state index contributed by atoms with van der Waals surface area (Å²) >= 11 is 0. The van der Waals surface area contributed by atoms with Crippen LogP contribution in [-0.2, 0) is 0 Å². The van der Waals surface area contributed by atoms with Crippen molar-refractivity contribution in [2.75, 3.05) is 0 Å². The minimum absolute atomic E-state index is 0.0972. The standard InChI is InChI=1S/C6H10N2O/c1-5(8-7)6-3-2-4-9-6/h2-5,8H,7H2,1H3/t5-/m1/s1. The van der Waals surface area contributed by atoms with E-state index in [1.807, 2.05) is 19.1 Å². The maximum absolute atomic E-state index is 5.15. The van der Waals surface area contributed by atoms with Gasteiger partial charge >= 0.3 is 0 Å². The zero-order chi connectivity index (χ0) is 6.69. The van der Waals surface area contributed by atoms with Crippen LogP contribution in [-0.4, -0.2) is 0 Å². The monoisotopic (exact) mass is 126 g/mol. The Hall–Kier alpha value is -0.800. The highest BCUT2D eigenvalue weighted by atomic mass is 16.3. The Morgan fingerprint density at radius 1 is 1.78 bits per heavy atom. The van der Waals surface area contributed by atoms with Gasteiger partial charge in [0.1, 0.15) is 5.76 Å². The number of hydrogen-bond acceptors (Lipinski definition) is 3. The second-order valence-electron chi connectivity index (χ2n) is 1.90. The van der Waals surface area contributed by atoms with Crippen LogP contribution in [0.4, 0.5) is 0 Å². The van der Waals surface area contributed by atoms with E-state index in [1.54, 1.807) is 6.26 Å². The molecule has 3 N–H and O–H groups in total. The molecule has 0 aliphatic carbocycles. The van der Waals surface area contributed by atoms with Gasteiger partial charge in [0.2, 0.25) is 0 Å². The van der Waals surface area contributed by atoms with Gasteiger partial charge in [0.05, 0.1) is 12.3 Å². The number of hydrogen-bond donors (Lipinski definition) is 2. The number of nitrogens with two attached hydrogens (primary N) is 1. The van der Waals surface area contributed by atoms with Crippen LogP contribution in [0.3, 0.4) is 0 Å². The van der Waals surface area contributed by atoms with Crippen molar-refractivity contribution in [1.29, 1.82) is 0 Å². The summed E-state index contributed by atoms with van der Waals surface area (Å²) in [6, 6.07) is 3.81. The van der Waals surface area contributed by atoms with Crippen LogP contribution in [0.1, 0.15) is 18.7 Å². The Morgan fingerprint density at radius 3 is 3.00 bits per heavy atom. The van der Waals surface area contributed by atoms with Gasteiger partial charge in [-0.1, -0.05) is 0 Å². The van der Waals surface area contributed by atoms with Gasteiger partial charge in [-0.25, -0.2) is 0 Å².